The molecule has 0 unspecified atom stereocenters. The van der Waals surface area contributed by atoms with E-state index in [9.17, 15) is 19.8 Å². The van der Waals surface area contributed by atoms with E-state index in [0.29, 0.717) is 23.1 Å². The van der Waals surface area contributed by atoms with Crippen molar-refractivity contribution in [3.05, 3.63) is 33.9 Å². The van der Waals surface area contributed by atoms with Crippen LogP contribution in [0.4, 0.5) is 0 Å². The van der Waals surface area contributed by atoms with Crippen LogP contribution in [0, 0.1) is 6.92 Å². The monoisotopic (exact) mass is 288 g/mol. The highest BCUT2D eigenvalue weighted by atomic mass is 16.5. The first kappa shape index (κ1) is 13.8. The van der Waals surface area contributed by atoms with Gasteiger partial charge in [0, 0.05) is 34.8 Å². The van der Waals surface area contributed by atoms with Crippen molar-refractivity contribution in [1.29, 1.82) is 0 Å². The number of carbonyl (C=O) groups is 2. The maximum Gasteiger partial charge on any atom is 0.196 e. The minimum absolute atomic E-state index is 0.0287. The first-order valence-corrected chi connectivity index (χ1v) is 6.86. The lowest BCUT2D eigenvalue weighted by Crippen LogP contribution is -2.36. The zero-order chi connectivity index (χ0) is 15.5. The van der Waals surface area contributed by atoms with E-state index in [1.54, 1.807) is 13.8 Å². The molecule has 5 nitrogen and oxygen atoms in total. The second-order valence-electron chi connectivity index (χ2n) is 5.63. The predicted molar refractivity (Wildman–Crippen MR) is 74.8 cm³/mol. The van der Waals surface area contributed by atoms with Gasteiger partial charge in [-0.15, -0.1) is 0 Å². The van der Waals surface area contributed by atoms with Gasteiger partial charge in [-0.25, -0.2) is 0 Å². The van der Waals surface area contributed by atoms with Crippen molar-refractivity contribution in [3.8, 4) is 11.5 Å². The molecule has 3 rings (SSSR count). The van der Waals surface area contributed by atoms with Gasteiger partial charge in [0.15, 0.2) is 11.6 Å². The Morgan fingerprint density at radius 3 is 2.43 bits per heavy atom. The predicted octanol–water partition coefficient (Wildman–Crippen LogP) is 2.28. The number of ether oxygens (including phenoxy) is 1. The maximum absolute atomic E-state index is 12.7. The largest absolute Gasteiger partial charge is 0.508 e. The van der Waals surface area contributed by atoms with Crippen molar-refractivity contribution in [2.75, 3.05) is 0 Å². The number of phenols is 2. The molecule has 0 aromatic heterocycles. The van der Waals surface area contributed by atoms with Crippen LogP contribution in [0.25, 0.3) is 0 Å². The van der Waals surface area contributed by atoms with Gasteiger partial charge in [-0.2, -0.15) is 0 Å². The van der Waals surface area contributed by atoms with Gasteiger partial charge >= 0.3 is 0 Å². The molecule has 110 valence electrons. The second-order valence-corrected chi connectivity index (χ2v) is 5.63. The van der Waals surface area contributed by atoms with Crippen LogP contribution in [0.5, 0.6) is 11.5 Å². The molecule has 0 spiro atoms. The standard InChI is InChI=1S/C16H16O5/c1-6-4-9-13(8(3)21-6)16(20)14-11(18)5-10(17)7(2)12(14)15(9)19/h5-6,8,17-18H,4H2,1-3H3/t6-,8+/m0/s1. The van der Waals surface area contributed by atoms with Crippen molar-refractivity contribution in [3.63, 3.8) is 0 Å². The molecule has 0 saturated heterocycles. The van der Waals surface area contributed by atoms with Gasteiger partial charge in [0.2, 0.25) is 0 Å². The summed E-state index contributed by atoms with van der Waals surface area (Å²) in [6.45, 7) is 5.14. The van der Waals surface area contributed by atoms with Crippen LogP contribution < -0.4 is 0 Å². The van der Waals surface area contributed by atoms with E-state index in [4.69, 9.17) is 4.74 Å². The van der Waals surface area contributed by atoms with E-state index in [1.807, 2.05) is 6.92 Å². The van der Waals surface area contributed by atoms with Crippen molar-refractivity contribution in [1.82, 2.24) is 0 Å². The molecule has 2 atom stereocenters. The van der Waals surface area contributed by atoms with Gasteiger partial charge in [0.05, 0.1) is 17.8 Å². The lowest BCUT2D eigenvalue weighted by atomic mass is 9.77. The average molecular weight is 288 g/mol. The number of ketones is 2. The molecule has 1 aromatic carbocycles. The molecule has 2 aliphatic rings. The third-order valence-electron chi connectivity index (χ3n) is 4.17. The van der Waals surface area contributed by atoms with Crippen LogP contribution in [-0.4, -0.2) is 34.0 Å². The van der Waals surface area contributed by atoms with Crippen LogP contribution in [0.3, 0.4) is 0 Å². The summed E-state index contributed by atoms with van der Waals surface area (Å²) in [6, 6.07) is 1.10. The van der Waals surface area contributed by atoms with Crippen LogP contribution in [0.2, 0.25) is 0 Å². The molecular weight excluding hydrogens is 272 g/mol. The van der Waals surface area contributed by atoms with Crippen LogP contribution in [0.1, 0.15) is 46.5 Å². The number of Topliss-reactive ketones (excluding diaryl/α,β-unsaturated/α-hetero) is 2. The molecule has 0 amide bonds. The number of phenolic OH excluding ortho intramolecular Hbond substituents is 2. The zero-order valence-electron chi connectivity index (χ0n) is 12.1. The summed E-state index contributed by atoms with van der Waals surface area (Å²) in [5.74, 6) is -1.25. The molecule has 0 saturated carbocycles. The van der Waals surface area contributed by atoms with Gasteiger partial charge in [-0.3, -0.25) is 9.59 Å². The SMILES string of the molecule is Cc1c(O)cc(O)c2c1C(=O)C1=C(C2=O)[C@@H](C)O[C@@H](C)C1. The lowest BCUT2D eigenvalue weighted by Gasteiger charge is -2.33. The number of hydrogen-bond donors (Lipinski definition) is 2. The van der Waals surface area contributed by atoms with Crippen LogP contribution >= 0.6 is 0 Å². The van der Waals surface area contributed by atoms with Gasteiger partial charge in [0.25, 0.3) is 0 Å². The van der Waals surface area contributed by atoms with E-state index < -0.39 is 6.10 Å². The van der Waals surface area contributed by atoms with E-state index in [0.717, 1.165) is 6.07 Å². The minimum atomic E-state index is -0.484. The summed E-state index contributed by atoms with van der Waals surface area (Å²) in [5, 5.41) is 19.8. The van der Waals surface area contributed by atoms with Crippen LogP contribution in [-0.2, 0) is 4.74 Å². The van der Waals surface area contributed by atoms with Gasteiger partial charge in [0.1, 0.15) is 11.5 Å². The third kappa shape index (κ3) is 1.81. The highest BCUT2D eigenvalue weighted by molar-refractivity contribution is 6.29. The molecule has 2 N–H and O–H groups in total. The molecule has 5 heteroatoms. The fourth-order valence-electron chi connectivity index (χ4n) is 3.20. The first-order valence-electron chi connectivity index (χ1n) is 6.86. The average Bonchev–Trinajstić information content (AvgIpc) is 2.39. The normalized spacial score (nSPS) is 24.9. The number of fused-ring (bicyclic) bond motifs is 1. The smallest absolute Gasteiger partial charge is 0.196 e. The van der Waals surface area contributed by atoms with E-state index in [-0.39, 0.29) is 40.3 Å². The Balaban J connectivity index is 2.31. The zero-order valence-corrected chi connectivity index (χ0v) is 12.1. The van der Waals surface area contributed by atoms with E-state index in [1.165, 1.54) is 0 Å². The van der Waals surface area contributed by atoms with E-state index >= 15 is 0 Å². The number of rotatable bonds is 0. The Labute approximate surface area is 121 Å². The van der Waals surface area contributed by atoms with Crippen LogP contribution in [0.15, 0.2) is 17.2 Å². The quantitative estimate of drug-likeness (QED) is 0.765. The summed E-state index contributed by atoms with van der Waals surface area (Å²) in [4.78, 5) is 25.4. The summed E-state index contributed by atoms with van der Waals surface area (Å²) in [7, 11) is 0. The maximum atomic E-state index is 12.7. The van der Waals surface area contributed by atoms with Crippen molar-refractivity contribution in [2.24, 2.45) is 0 Å². The Morgan fingerprint density at radius 2 is 1.76 bits per heavy atom. The highest BCUT2D eigenvalue weighted by Crippen LogP contribution is 2.42. The highest BCUT2D eigenvalue weighted by Gasteiger charge is 2.41. The third-order valence-corrected chi connectivity index (χ3v) is 4.17. The molecular formula is C16H16O5. The Morgan fingerprint density at radius 1 is 1.10 bits per heavy atom. The topological polar surface area (TPSA) is 83.8 Å². The molecule has 1 heterocycles. The van der Waals surface area contributed by atoms with E-state index in [2.05, 4.69) is 0 Å². The van der Waals surface area contributed by atoms with Gasteiger partial charge < -0.3 is 14.9 Å². The number of carbonyl (C=O) groups excluding carboxylic acids is 2. The fourth-order valence-corrected chi connectivity index (χ4v) is 3.20. The number of benzene rings is 1. The number of aromatic hydroxyl groups is 2. The summed E-state index contributed by atoms with van der Waals surface area (Å²) in [6.07, 6.45) is -0.273. The molecule has 1 aromatic rings. The Hall–Kier alpha value is -2.14. The molecule has 0 bridgehead atoms. The fraction of sp³-hybridized carbons (Fsp3) is 0.375. The Bertz CT molecular complexity index is 714. The molecule has 0 fully saturated rings. The molecule has 1 aliphatic carbocycles. The number of hydrogen-bond acceptors (Lipinski definition) is 5. The molecule has 21 heavy (non-hydrogen) atoms. The second kappa shape index (κ2) is 4.43. The lowest BCUT2D eigenvalue weighted by molar-refractivity contribution is 0.0148. The first-order chi connectivity index (χ1) is 9.82. The Kier molecular flexibility index (Phi) is 2.92. The molecule has 1 aliphatic heterocycles. The summed E-state index contributed by atoms with van der Waals surface area (Å²) >= 11 is 0. The van der Waals surface area contributed by atoms with Crippen molar-refractivity contribution >= 4 is 11.6 Å². The summed E-state index contributed by atoms with van der Waals surface area (Å²) in [5.41, 5.74) is 1.16. The molecule has 0 radical (unpaired) electrons. The van der Waals surface area contributed by atoms with Crippen molar-refractivity contribution in [2.45, 2.75) is 39.4 Å². The van der Waals surface area contributed by atoms with Gasteiger partial charge in [-0.1, -0.05) is 0 Å². The summed E-state index contributed by atoms with van der Waals surface area (Å²) < 4.78 is 5.62. The minimum Gasteiger partial charge on any atom is -0.508 e. The van der Waals surface area contributed by atoms with Crippen molar-refractivity contribution < 1.29 is 24.5 Å². The van der Waals surface area contributed by atoms with Gasteiger partial charge in [-0.05, 0) is 20.8 Å².